The van der Waals surface area contributed by atoms with Crippen molar-refractivity contribution < 1.29 is 18.6 Å². The monoisotopic (exact) mass is 563 g/mol. The van der Waals surface area contributed by atoms with Gasteiger partial charge in [0, 0.05) is 56.1 Å². The third kappa shape index (κ3) is 7.08. The van der Waals surface area contributed by atoms with E-state index < -0.39 is 5.82 Å². The van der Waals surface area contributed by atoms with Gasteiger partial charge in [-0.05, 0) is 31.2 Å². The predicted molar refractivity (Wildman–Crippen MR) is 152 cm³/mol. The number of halogens is 1. The highest BCUT2D eigenvalue weighted by molar-refractivity contribution is 7.11. The van der Waals surface area contributed by atoms with Crippen molar-refractivity contribution in [2.45, 2.75) is 13.5 Å². The summed E-state index contributed by atoms with van der Waals surface area (Å²) < 4.78 is 31.3. The molecule has 2 aromatic heterocycles. The molecule has 0 amide bonds. The Bertz CT molecular complexity index is 1460. The summed E-state index contributed by atoms with van der Waals surface area (Å²) in [6.07, 6.45) is 3.13. The Kier molecular flexibility index (Phi) is 8.79. The molecule has 0 saturated carbocycles. The van der Waals surface area contributed by atoms with E-state index >= 15 is 0 Å². The van der Waals surface area contributed by atoms with Crippen molar-refractivity contribution in [2.24, 2.45) is 0 Å². The van der Waals surface area contributed by atoms with Crippen molar-refractivity contribution in [3.63, 3.8) is 0 Å². The van der Waals surface area contributed by atoms with Gasteiger partial charge in [0.05, 0.1) is 34.4 Å². The van der Waals surface area contributed by atoms with E-state index in [0.717, 1.165) is 42.7 Å². The molecular weight excluding hydrogens is 533 g/mol. The van der Waals surface area contributed by atoms with E-state index in [0.29, 0.717) is 47.3 Å². The fourth-order valence-electron chi connectivity index (χ4n) is 4.21. The Morgan fingerprint density at radius 2 is 1.88 bits per heavy atom. The van der Waals surface area contributed by atoms with E-state index in [9.17, 15) is 4.39 Å². The maximum absolute atomic E-state index is 14.3. The van der Waals surface area contributed by atoms with Gasteiger partial charge in [-0.1, -0.05) is 0 Å². The minimum atomic E-state index is -0.473. The Balaban J connectivity index is 1.23. The number of hydrogen-bond acceptors (Lipinski definition) is 11. The summed E-state index contributed by atoms with van der Waals surface area (Å²) in [6, 6.07) is 11.1. The second kappa shape index (κ2) is 12.8. The van der Waals surface area contributed by atoms with E-state index in [-0.39, 0.29) is 11.5 Å². The summed E-state index contributed by atoms with van der Waals surface area (Å²) in [6.45, 7) is 6.93. The van der Waals surface area contributed by atoms with Gasteiger partial charge in [-0.25, -0.2) is 19.3 Å². The van der Waals surface area contributed by atoms with Gasteiger partial charge in [0.25, 0.3) is 0 Å². The molecule has 0 atom stereocenters. The van der Waals surface area contributed by atoms with Gasteiger partial charge in [-0.15, -0.1) is 11.3 Å². The highest BCUT2D eigenvalue weighted by Gasteiger charge is 2.17. The lowest BCUT2D eigenvalue weighted by atomic mass is 10.0. The molecule has 208 valence electrons. The number of ether oxygens (including phenoxy) is 3. The normalized spacial score (nSPS) is 13.7. The van der Waals surface area contributed by atoms with E-state index in [4.69, 9.17) is 25.4 Å². The molecule has 0 aliphatic carbocycles. The second-order valence-corrected chi connectivity index (χ2v) is 10.4. The molecule has 1 fully saturated rings. The van der Waals surface area contributed by atoms with Gasteiger partial charge in [-0.3, -0.25) is 10.3 Å². The van der Waals surface area contributed by atoms with Crippen LogP contribution in [0.3, 0.4) is 0 Å². The zero-order chi connectivity index (χ0) is 27.9. The molecule has 2 aromatic carbocycles. The third-order valence-electron chi connectivity index (χ3n) is 6.22. The van der Waals surface area contributed by atoms with Crippen molar-refractivity contribution in [1.82, 2.24) is 19.9 Å². The average molecular weight is 564 g/mol. The molecule has 4 N–H and O–H groups in total. The minimum absolute atomic E-state index is 0.179. The molecular formula is C28H30FN7O3S. The number of morpholine rings is 1. The maximum atomic E-state index is 14.3. The first-order valence-corrected chi connectivity index (χ1v) is 13.6. The molecule has 0 bridgehead atoms. The number of nitrogens with two attached hydrogens (primary N) is 1. The summed E-state index contributed by atoms with van der Waals surface area (Å²) in [5, 5.41) is 13.1. The highest BCUT2D eigenvalue weighted by atomic mass is 32.1. The summed E-state index contributed by atoms with van der Waals surface area (Å²) in [5.74, 6) is 1.38. The van der Waals surface area contributed by atoms with E-state index in [1.54, 1.807) is 36.5 Å². The van der Waals surface area contributed by atoms with Gasteiger partial charge in [0.1, 0.15) is 47.6 Å². The van der Waals surface area contributed by atoms with Crippen LogP contribution in [0.4, 0.5) is 16.0 Å². The molecule has 0 spiro atoms. The number of nitrogens with zero attached hydrogens (tertiary/aromatic N) is 4. The molecule has 1 aliphatic rings. The second-order valence-electron chi connectivity index (χ2n) is 9.12. The van der Waals surface area contributed by atoms with Gasteiger partial charge in [0.2, 0.25) is 0 Å². The zero-order valence-corrected chi connectivity index (χ0v) is 22.8. The summed E-state index contributed by atoms with van der Waals surface area (Å²) in [7, 11) is 0. The molecule has 0 radical (unpaired) electrons. The third-order valence-corrected chi connectivity index (χ3v) is 7.11. The van der Waals surface area contributed by atoms with Gasteiger partial charge in [-0.2, -0.15) is 0 Å². The summed E-state index contributed by atoms with van der Waals surface area (Å²) in [4.78, 5) is 15.9. The quantitative estimate of drug-likeness (QED) is 0.226. The number of rotatable bonds is 11. The Labute approximate surface area is 235 Å². The number of benzene rings is 2. The molecule has 3 heterocycles. The topological polar surface area (TPSA) is 132 Å². The lowest BCUT2D eigenvalue weighted by molar-refractivity contribution is 0.0398. The Morgan fingerprint density at radius 1 is 1.10 bits per heavy atom. The number of hydrogen-bond donors (Lipinski definition) is 3. The fourth-order valence-corrected chi connectivity index (χ4v) is 4.92. The number of nitrogens with one attached hydrogen (secondary N) is 2. The average Bonchev–Trinajstić information content (AvgIpc) is 3.37. The van der Waals surface area contributed by atoms with Crippen molar-refractivity contribution in [2.75, 3.05) is 50.4 Å². The largest absolute Gasteiger partial charge is 0.488 e. The van der Waals surface area contributed by atoms with Crippen LogP contribution < -0.4 is 20.5 Å². The number of aryl methyl sites for hydroxylation is 1. The van der Waals surface area contributed by atoms with E-state index in [1.807, 2.05) is 6.92 Å². The van der Waals surface area contributed by atoms with Crippen LogP contribution in [0.1, 0.15) is 21.0 Å². The molecule has 1 saturated heterocycles. The number of aromatic nitrogens is 3. The molecule has 40 heavy (non-hydrogen) atoms. The van der Waals surface area contributed by atoms with Crippen LogP contribution in [0, 0.1) is 18.2 Å². The Hall–Kier alpha value is -4.13. The first-order valence-electron chi connectivity index (χ1n) is 12.8. The van der Waals surface area contributed by atoms with E-state index in [1.165, 1.54) is 29.8 Å². The van der Waals surface area contributed by atoms with Crippen molar-refractivity contribution in [3.8, 4) is 17.2 Å². The van der Waals surface area contributed by atoms with Crippen LogP contribution in [0.15, 0.2) is 55.0 Å². The first kappa shape index (κ1) is 27.4. The molecule has 4 aromatic rings. The molecule has 1 aliphatic heterocycles. The van der Waals surface area contributed by atoms with Crippen LogP contribution in [0.2, 0.25) is 0 Å². The van der Waals surface area contributed by atoms with Crippen LogP contribution in [0.5, 0.6) is 17.2 Å². The first-order chi connectivity index (χ1) is 19.4. The minimum Gasteiger partial charge on any atom is -0.488 e. The highest BCUT2D eigenvalue weighted by Crippen LogP contribution is 2.29. The van der Waals surface area contributed by atoms with Crippen LogP contribution in [0.25, 0.3) is 0 Å². The predicted octanol–water partition coefficient (Wildman–Crippen LogP) is 4.49. The van der Waals surface area contributed by atoms with Crippen LogP contribution in [-0.2, 0) is 11.3 Å². The number of thiazole rings is 1. The summed E-state index contributed by atoms with van der Waals surface area (Å²) >= 11 is 1.53. The van der Waals surface area contributed by atoms with Crippen molar-refractivity contribution in [3.05, 3.63) is 81.8 Å². The molecule has 5 rings (SSSR count). The SMILES string of the molecule is Cc1ncc(COc2cc(F)cc(Oc3ccc(C(=N)c4c(N)ncnc4NCCN4CCOCC4)cc3)c2)s1. The van der Waals surface area contributed by atoms with Gasteiger partial charge in [0.15, 0.2) is 0 Å². The van der Waals surface area contributed by atoms with Crippen LogP contribution >= 0.6 is 11.3 Å². The standard InChI is InChI=1S/C28H30FN7O3S/c1-18-33-15-24(40-18)16-38-22-12-20(29)13-23(14-22)39-21-4-2-19(3-5-21)26(30)25-27(31)34-17-35-28(25)32-6-7-36-8-10-37-11-9-36/h2-5,12-15,17,30H,6-11,16H2,1H3,(H3,31,32,34,35). The Morgan fingerprint density at radius 3 is 2.62 bits per heavy atom. The molecule has 0 unspecified atom stereocenters. The number of nitrogen functional groups attached to an aromatic ring is 1. The van der Waals surface area contributed by atoms with Crippen molar-refractivity contribution >= 4 is 28.7 Å². The lowest BCUT2D eigenvalue weighted by Crippen LogP contribution is -2.39. The zero-order valence-electron chi connectivity index (χ0n) is 22.0. The lowest BCUT2D eigenvalue weighted by Gasteiger charge is -2.26. The smallest absolute Gasteiger partial charge is 0.141 e. The van der Waals surface area contributed by atoms with E-state index in [2.05, 4.69) is 25.2 Å². The van der Waals surface area contributed by atoms with Gasteiger partial charge < -0.3 is 25.3 Å². The maximum Gasteiger partial charge on any atom is 0.141 e. The molecule has 12 heteroatoms. The van der Waals surface area contributed by atoms with Crippen LogP contribution in [-0.4, -0.2) is 65.0 Å². The fraction of sp³-hybridized carbons (Fsp3) is 0.286. The summed E-state index contributed by atoms with van der Waals surface area (Å²) in [5.41, 5.74) is 7.38. The van der Waals surface area contributed by atoms with Gasteiger partial charge >= 0.3 is 0 Å². The number of anilines is 2. The molecule has 10 nitrogen and oxygen atoms in total. The van der Waals surface area contributed by atoms with Crippen molar-refractivity contribution in [1.29, 1.82) is 5.41 Å².